The number of allylic oxidation sites excluding steroid dienone is 1. The molecule has 0 spiro atoms. The maximum absolute atomic E-state index is 12.9. The average molecular weight is 407 g/mol. The second-order valence-electron chi connectivity index (χ2n) is 8.75. The molecule has 1 saturated heterocycles. The van der Waals surface area contributed by atoms with Crippen LogP contribution in [0.3, 0.4) is 0 Å². The maximum Gasteiger partial charge on any atom is 0.231 e. The van der Waals surface area contributed by atoms with E-state index in [9.17, 15) is 9.90 Å². The molecule has 1 fully saturated rings. The number of carbonyl (C=O) groups excluding carboxylic acids is 1. The third kappa shape index (κ3) is 3.41. The fourth-order valence-corrected chi connectivity index (χ4v) is 4.93. The van der Waals surface area contributed by atoms with Crippen molar-refractivity contribution >= 4 is 11.9 Å². The highest BCUT2D eigenvalue weighted by molar-refractivity contribution is 6.15. The number of benzene rings is 2. The van der Waals surface area contributed by atoms with Gasteiger partial charge in [0.1, 0.15) is 12.3 Å². The molecule has 0 aromatic heterocycles. The van der Waals surface area contributed by atoms with Crippen LogP contribution in [0.25, 0.3) is 6.08 Å². The third-order valence-corrected chi connectivity index (χ3v) is 6.10. The first kappa shape index (κ1) is 19.0. The molecule has 2 aromatic rings. The molecule has 2 atom stereocenters. The number of ketones is 1. The SMILES string of the molecule is CC1CC(C)C[NH+](Cc2c([O-])ccc3c2OC(=Cc2ccc4c(c2)OCO4)C3=O)C1. The predicted molar refractivity (Wildman–Crippen MR) is 109 cm³/mol. The van der Waals surface area contributed by atoms with Gasteiger partial charge < -0.3 is 24.2 Å². The average Bonchev–Trinajstić information content (AvgIpc) is 3.28. The zero-order valence-electron chi connectivity index (χ0n) is 17.2. The van der Waals surface area contributed by atoms with Crippen molar-refractivity contribution in [3.8, 4) is 23.0 Å². The van der Waals surface area contributed by atoms with Gasteiger partial charge in [-0.05, 0) is 36.3 Å². The molecule has 2 aromatic carbocycles. The van der Waals surface area contributed by atoms with Crippen LogP contribution in [0.2, 0.25) is 0 Å². The molecule has 156 valence electrons. The van der Waals surface area contributed by atoms with Gasteiger partial charge in [0.05, 0.1) is 18.7 Å². The van der Waals surface area contributed by atoms with E-state index in [0.717, 1.165) is 18.7 Å². The van der Waals surface area contributed by atoms with Gasteiger partial charge in [0, 0.05) is 17.4 Å². The quantitative estimate of drug-likeness (QED) is 0.790. The second kappa shape index (κ2) is 7.36. The van der Waals surface area contributed by atoms with Gasteiger partial charge in [-0.3, -0.25) is 4.79 Å². The number of carbonyl (C=O) groups is 1. The summed E-state index contributed by atoms with van der Waals surface area (Å²) in [6.45, 7) is 7.36. The Kier molecular flexibility index (Phi) is 4.66. The first-order chi connectivity index (χ1) is 14.5. The van der Waals surface area contributed by atoms with Crippen molar-refractivity contribution in [2.45, 2.75) is 26.8 Å². The molecule has 2 unspecified atom stereocenters. The van der Waals surface area contributed by atoms with Crippen LogP contribution in [-0.2, 0) is 6.54 Å². The van der Waals surface area contributed by atoms with Crippen LogP contribution in [0.4, 0.5) is 0 Å². The molecule has 6 nitrogen and oxygen atoms in total. The Bertz CT molecular complexity index is 1030. The molecule has 3 aliphatic rings. The maximum atomic E-state index is 12.9. The molecular formula is C24H25NO5. The molecule has 0 aliphatic carbocycles. The highest BCUT2D eigenvalue weighted by Crippen LogP contribution is 2.39. The lowest BCUT2D eigenvalue weighted by Crippen LogP contribution is -3.13. The van der Waals surface area contributed by atoms with Crippen molar-refractivity contribution in [3.63, 3.8) is 0 Å². The highest BCUT2D eigenvalue weighted by atomic mass is 16.7. The van der Waals surface area contributed by atoms with E-state index in [2.05, 4.69) is 13.8 Å². The van der Waals surface area contributed by atoms with Crippen molar-refractivity contribution in [1.29, 1.82) is 0 Å². The van der Waals surface area contributed by atoms with Gasteiger partial charge in [0.2, 0.25) is 12.6 Å². The topological polar surface area (TPSA) is 72.3 Å². The summed E-state index contributed by atoms with van der Waals surface area (Å²) >= 11 is 0. The molecule has 6 heteroatoms. The fraction of sp³-hybridized carbons (Fsp3) is 0.375. The van der Waals surface area contributed by atoms with Gasteiger partial charge in [-0.1, -0.05) is 31.7 Å². The van der Waals surface area contributed by atoms with Gasteiger partial charge in [-0.2, -0.15) is 0 Å². The van der Waals surface area contributed by atoms with Crippen molar-refractivity contribution in [1.82, 2.24) is 0 Å². The van der Waals surface area contributed by atoms with E-state index < -0.39 is 0 Å². The van der Waals surface area contributed by atoms with E-state index in [1.807, 2.05) is 18.2 Å². The van der Waals surface area contributed by atoms with E-state index in [1.54, 1.807) is 12.1 Å². The van der Waals surface area contributed by atoms with Gasteiger partial charge in [-0.15, -0.1) is 0 Å². The van der Waals surface area contributed by atoms with Crippen LogP contribution < -0.4 is 24.2 Å². The fourth-order valence-electron chi connectivity index (χ4n) is 4.93. The molecule has 0 radical (unpaired) electrons. The first-order valence-electron chi connectivity index (χ1n) is 10.5. The number of ether oxygens (including phenoxy) is 3. The normalized spacial score (nSPS) is 26.0. The number of quaternary nitrogens is 1. The summed E-state index contributed by atoms with van der Waals surface area (Å²) in [5, 5.41) is 12.7. The van der Waals surface area contributed by atoms with E-state index in [0.29, 0.717) is 46.8 Å². The number of fused-ring (bicyclic) bond motifs is 2. The summed E-state index contributed by atoms with van der Waals surface area (Å²) in [6, 6.07) is 8.55. The Labute approximate surface area is 175 Å². The summed E-state index contributed by atoms with van der Waals surface area (Å²) in [7, 11) is 0. The van der Waals surface area contributed by atoms with Crippen molar-refractivity contribution in [2.24, 2.45) is 11.8 Å². The Hall–Kier alpha value is -2.99. The van der Waals surface area contributed by atoms with Crippen molar-refractivity contribution in [2.75, 3.05) is 19.9 Å². The molecule has 0 amide bonds. The standard InChI is InChI=1S/C24H25NO5/c1-14-7-15(2)11-25(10-14)12-18-19(26)5-4-17-23(27)22(30-24(17)18)9-16-3-6-20-21(8-16)29-13-28-20/h3-6,8-9,14-15,26H,7,10-13H2,1-2H3. The van der Waals surface area contributed by atoms with Crippen LogP contribution in [0.1, 0.15) is 41.8 Å². The van der Waals surface area contributed by atoms with Crippen LogP contribution in [-0.4, -0.2) is 25.7 Å². The lowest BCUT2D eigenvalue weighted by molar-refractivity contribution is -0.925. The molecule has 1 N–H and O–H groups in total. The van der Waals surface area contributed by atoms with Crippen molar-refractivity contribution < 1.29 is 29.0 Å². The van der Waals surface area contributed by atoms with Crippen LogP contribution in [0.5, 0.6) is 23.0 Å². The number of piperidine rings is 1. The van der Waals surface area contributed by atoms with Gasteiger partial charge in [0.25, 0.3) is 0 Å². The summed E-state index contributed by atoms with van der Waals surface area (Å²) in [5.41, 5.74) is 1.85. The molecule has 0 saturated carbocycles. The molecular weight excluding hydrogens is 382 g/mol. The van der Waals surface area contributed by atoms with Gasteiger partial charge in [-0.25, -0.2) is 0 Å². The van der Waals surface area contributed by atoms with Gasteiger partial charge >= 0.3 is 0 Å². The van der Waals surface area contributed by atoms with Crippen LogP contribution in [0, 0.1) is 11.8 Å². The zero-order chi connectivity index (χ0) is 20.8. The lowest BCUT2D eigenvalue weighted by atomic mass is 9.91. The van der Waals surface area contributed by atoms with Crippen molar-refractivity contribution in [3.05, 3.63) is 52.8 Å². The highest BCUT2D eigenvalue weighted by Gasteiger charge is 2.32. The summed E-state index contributed by atoms with van der Waals surface area (Å²) in [5.74, 6) is 2.98. The Morgan fingerprint density at radius 1 is 1.10 bits per heavy atom. The molecule has 30 heavy (non-hydrogen) atoms. The van der Waals surface area contributed by atoms with Crippen LogP contribution >= 0.6 is 0 Å². The molecule has 0 bridgehead atoms. The largest absolute Gasteiger partial charge is 0.872 e. The number of nitrogens with one attached hydrogen (secondary N) is 1. The van der Waals surface area contributed by atoms with E-state index in [-0.39, 0.29) is 24.1 Å². The van der Waals surface area contributed by atoms with Crippen LogP contribution in [0.15, 0.2) is 36.1 Å². The number of likely N-dealkylation sites (tertiary alicyclic amines) is 1. The summed E-state index contributed by atoms with van der Waals surface area (Å²) in [4.78, 5) is 14.3. The van der Waals surface area contributed by atoms with Gasteiger partial charge in [0.15, 0.2) is 17.3 Å². The Morgan fingerprint density at radius 2 is 1.87 bits per heavy atom. The molecule has 3 aliphatic heterocycles. The minimum Gasteiger partial charge on any atom is -0.872 e. The lowest BCUT2D eigenvalue weighted by Gasteiger charge is -2.33. The minimum absolute atomic E-state index is 0.0655. The zero-order valence-corrected chi connectivity index (χ0v) is 17.2. The smallest absolute Gasteiger partial charge is 0.231 e. The number of Topliss-reactive ketones (excluding diaryl/α,β-unsaturated/α-hetero) is 1. The molecule has 3 heterocycles. The predicted octanol–water partition coefficient (Wildman–Crippen LogP) is 2.17. The third-order valence-electron chi connectivity index (χ3n) is 6.10. The van der Waals surface area contributed by atoms with E-state index >= 15 is 0 Å². The Morgan fingerprint density at radius 3 is 2.67 bits per heavy atom. The summed E-state index contributed by atoms with van der Waals surface area (Å²) < 4.78 is 16.7. The molecule has 5 rings (SSSR count). The number of rotatable bonds is 3. The Balaban J connectivity index is 1.44. The van der Waals surface area contributed by atoms with E-state index in [1.165, 1.54) is 17.4 Å². The second-order valence-corrected chi connectivity index (χ2v) is 8.75. The first-order valence-corrected chi connectivity index (χ1v) is 10.5. The number of hydrogen-bond donors (Lipinski definition) is 1. The number of hydrogen-bond acceptors (Lipinski definition) is 5. The summed E-state index contributed by atoms with van der Waals surface area (Å²) in [6.07, 6.45) is 2.91. The monoisotopic (exact) mass is 407 g/mol. The van der Waals surface area contributed by atoms with E-state index in [4.69, 9.17) is 14.2 Å². The minimum atomic E-state index is -0.195.